The van der Waals surface area contributed by atoms with E-state index in [0.717, 1.165) is 18.0 Å². The van der Waals surface area contributed by atoms with E-state index < -0.39 is 0 Å². The molecule has 1 heteroatoms. The van der Waals surface area contributed by atoms with Crippen LogP contribution in [-0.2, 0) is 0 Å². The number of likely N-dealkylation sites (tertiary alicyclic amines) is 1. The van der Waals surface area contributed by atoms with Gasteiger partial charge in [-0.2, -0.15) is 0 Å². The summed E-state index contributed by atoms with van der Waals surface area (Å²) < 4.78 is 0. The first-order valence-electron chi connectivity index (χ1n) is 6.08. The van der Waals surface area contributed by atoms with Crippen LogP contribution in [0.15, 0.2) is 0 Å². The fraction of sp³-hybridized carbons (Fsp3) is 1.00. The third-order valence-corrected chi connectivity index (χ3v) is 4.15. The lowest BCUT2D eigenvalue weighted by Gasteiger charge is -2.46. The first kappa shape index (κ1) is 12.0. The molecule has 0 aromatic carbocycles. The fourth-order valence-electron chi connectivity index (χ4n) is 2.69. The summed E-state index contributed by atoms with van der Waals surface area (Å²) in [5, 5.41) is 0. The van der Waals surface area contributed by atoms with Gasteiger partial charge in [0.25, 0.3) is 0 Å². The summed E-state index contributed by atoms with van der Waals surface area (Å²) in [6, 6.07) is 1.57. The van der Waals surface area contributed by atoms with Crippen LogP contribution in [0.3, 0.4) is 0 Å². The zero-order valence-corrected chi connectivity index (χ0v) is 10.8. The highest BCUT2D eigenvalue weighted by Gasteiger charge is 2.35. The molecular weight excluding hydrogens is 170 g/mol. The first-order valence-corrected chi connectivity index (χ1v) is 6.08. The maximum absolute atomic E-state index is 2.57. The minimum absolute atomic E-state index is 0.489. The Hall–Kier alpha value is -0.0400. The number of hydrogen-bond donors (Lipinski definition) is 0. The molecule has 1 aliphatic rings. The molecule has 0 bridgehead atoms. The number of piperidine rings is 1. The van der Waals surface area contributed by atoms with Crippen LogP contribution in [0.25, 0.3) is 0 Å². The van der Waals surface area contributed by atoms with Crippen molar-refractivity contribution in [3.05, 3.63) is 0 Å². The van der Waals surface area contributed by atoms with Crippen LogP contribution in [0.4, 0.5) is 0 Å². The Bertz CT molecular complexity index is 180. The van der Waals surface area contributed by atoms with Gasteiger partial charge in [0.1, 0.15) is 0 Å². The van der Waals surface area contributed by atoms with Crippen LogP contribution in [0.2, 0.25) is 0 Å². The molecule has 14 heavy (non-hydrogen) atoms. The molecule has 0 aliphatic carbocycles. The third-order valence-electron chi connectivity index (χ3n) is 4.15. The first-order chi connectivity index (χ1) is 6.36. The van der Waals surface area contributed by atoms with Gasteiger partial charge in [-0.25, -0.2) is 0 Å². The van der Waals surface area contributed by atoms with Gasteiger partial charge in [-0.15, -0.1) is 0 Å². The summed E-state index contributed by atoms with van der Waals surface area (Å²) in [4.78, 5) is 2.57. The molecule has 0 radical (unpaired) electrons. The highest BCUT2D eigenvalue weighted by Crippen LogP contribution is 2.39. The summed E-state index contributed by atoms with van der Waals surface area (Å²) in [6.07, 6.45) is 4.06. The molecule has 0 spiro atoms. The van der Waals surface area contributed by atoms with Gasteiger partial charge < -0.3 is 4.90 Å². The van der Waals surface area contributed by atoms with Gasteiger partial charge in [-0.1, -0.05) is 27.7 Å². The Kier molecular flexibility index (Phi) is 3.63. The second-order valence-electron chi connectivity index (χ2n) is 6.11. The van der Waals surface area contributed by atoms with E-state index in [9.17, 15) is 0 Å². The van der Waals surface area contributed by atoms with Crippen LogP contribution in [0, 0.1) is 11.3 Å². The Balaban J connectivity index is 2.68. The van der Waals surface area contributed by atoms with Crippen molar-refractivity contribution in [2.24, 2.45) is 11.3 Å². The van der Waals surface area contributed by atoms with Gasteiger partial charge in [0.15, 0.2) is 0 Å². The normalized spacial score (nSPS) is 36.0. The van der Waals surface area contributed by atoms with E-state index in [1.54, 1.807) is 0 Å². The molecular formula is C13H27N. The smallest absolute Gasteiger partial charge is 0.00952 e. The average Bonchev–Trinajstić information content (AvgIpc) is 2.07. The predicted octanol–water partition coefficient (Wildman–Crippen LogP) is 3.54. The van der Waals surface area contributed by atoms with Crippen molar-refractivity contribution in [1.29, 1.82) is 0 Å². The Morgan fingerprint density at radius 3 is 2.21 bits per heavy atom. The molecule has 0 amide bonds. The van der Waals surface area contributed by atoms with E-state index in [0.29, 0.717) is 5.41 Å². The third kappa shape index (κ3) is 2.50. The Labute approximate surface area is 89.9 Å². The molecule has 0 saturated carbocycles. The summed E-state index contributed by atoms with van der Waals surface area (Å²) >= 11 is 0. The van der Waals surface area contributed by atoms with E-state index in [4.69, 9.17) is 0 Å². The molecule has 1 nitrogen and oxygen atoms in total. The molecule has 1 fully saturated rings. The maximum atomic E-state index is 2.57. The molecule has 0 N–H and O–H groups in total. The van der Waals surface area contributed by atoms with Crippen LogP contribution in [0.5, 0.6) is 0 Å². The molecule has 1 saturated heterocycles. The lowest BCUT2D eigenvalue weighted by atomic mass is 9.71. The predicted molar refractivity (Wildman–Crippen MR) is 63.5 cm³/mol. The van der Waals surface area contributed by atoms with Crippen molar-refractivity contribution in [2.45, 2.75) is 66.0 Å². The topological polar surface area (TPSA) is 3.24 Å². The van der Waals surface area contributed by atoms with Gasteiger partial charge in [0.2, 0.25) is 0 Å². The zero-order valence-electron chi connectivity index (χ0n) is 10.8. The summed E-state index contributed by atoms with van der Waals surface area (Å²) in [5.41, 5.74) is 0.489. The SMILES string of the molecule is CCC1CC(C(C)(C)C)CC(C)N1C. The van der Waals surface area contributed by atoms with Crippen LogP contribution < -0.4 is 0 Å². The molecule has 84 valence electrons. The van der Waals surface area contributed by atoms with E-state index >= 15 is 0 Å². The molecule has 3 atom stereocenters. The molecule has 1 aliphatic heterocycles. The zero-order chi connectivity index (χ0) is 10.9. The lowest BCUT2D eigenvalue weighted by Crippen LogP contribution is -2.47. The van der Waals surface area contributed by atoms with Gasteiger partial charge in [-0.05, 0) is 44.6 Å². The number of hydrogen-bond acceptors (Lipinski definition) is 1. The van der Waals surface area contributed by atoms with Gasteiger partial charge in [-0.3, -0.25) is 0 Å². The van der Waals surface area contributed by atoms with E-state index in [1.165, 1.54) is 19.3 Å². The summed E-state index contributed by atoms with van der Waals surface area (Å²) in [5.74, 6) is 0.902. The van der Waals surface area contributed by atoms with E-state index in [-0.39, 0.29) is 0 Å². The fourth-order valence-corrected chi connectivity index (χ4v) is 2.69. The van der Waals surface area contributed by atoms with Gasteiger partial charge >= 0.3 is 0 Å². The highest BCUT2D eigenvalue weighted by atomic mass is 15.2. The van der Waals surface area contributed by atoms with Crippen LogP contribution >= 0.6 is 0 Å². The second kappa shape index (κ2) is 4.22. The second-order valence-corrected chi connectivity index (χ2v) is 6.11. The molecule has 0 aromatic heterocycles. The summed E-state index contributed by atoms with van der Waals surface area (Å²) in [6.45, 7) is 11.9. The number of nitrogens with zero attached hydrogens (tertiary/aromatic N) is 1. The lowest BCUT2D eigenvalue weighted by molar-refractivity contribution is 0.0386. The summed E-state index contributed by atoms with van der Waals surface area (Å²) in [7, 11) is 2.29. The van der Waals surface area contributed by atoms with Crippen LogP contribution in [-0.4, -0.2) is 24.0 Å². The minimum Gasteiger partial charge on any atom is -0.301 e. The maximum Gasteiger partial charge on any atom is 0.00952 e. The average molecular weight is 197 g/mol. The molecule has 1 heterocycles. The standard InChI is InChI=1S/C13H27N/c1-7-12-9-11(13(3,4)5)8-10(2)14(12)6/h10-12H,7-9H2,1-6H3. The van der Waals surface area contributed by atoms with Crippen LogP contribution in [0.1, 0.15) is 53.9 Å². The van der Waals surface area contributed by atoms with E-state index in [2.05, 4.69) is 46.6 Å². The monoisotopic (exact) mass is 197 g/mol. The largest absolute Gasteiger partial charge is 0.301 e. The number of rotatable bonds is 1. The quantitative estimate of drug-likeness (QED) is 0.621. The Morgan fingerprint density at radius 1 is 1.21 bits per heavy atom. The van der Waals surface area contributed by atoms with Crippen molar-refractivity contribution < 1.29 is 0 Å². The van der Waals surface area contributed by atoms with Crippen molar-refractivity contribution in [2.75, 3.05) is 7.05 Å². The minimum atomic E-state index is 0.489. The van der Waals surface area contributed by atoms with Crippen molar-refractivity contribution in [1.82, 2.24) is 4.90 Å². The van der Waals surface area contributed by atoms with Crippen molar-refractivity contribution in [3.63, 3.8) is 0 Å². The van der Waals surface area contributed by atoms with Gasteiger partial charge in [0, 0.05) is 12.1 Å². The van der Waals surface area contributed by atoms with Gasteiger partial charge in [0.05, 0.1) is 0 Å². The molecule has 3 unspecified atom stereocenters. The molecule has 0 aromatic rings. The van der Waals surface area contributed by atoms with Crippen molar-refractivity contribution in [3.8, 4) is 0 Å². The Morgan fingerprint density at radius 2 is 1.79 bits per heavy atom. The highest BCUT2D eigenvalue weighted by molar-refractivity contribution is 4.88. The van der Waals surface area contributed by atoms with Crippen molar-refractivity contribution >= 4 is 0 Å². The van der Waals surface area contributed by atoms with E-state index in [1.807, 2.05) is 0 Å². The molecule has 1 rings (SSSR count).